The molecule has 2 aromatic rings. The van der Waals surface area contributed by atoms with Crippen molar-refractivity contribution in [3.8, 4) is 11.1 Å². The fourth-order valence-electron chi connectivity index (χ4n) is 2.41. The van der Waals surface area contributed by atoms with Crippen LogP contribution < -0.4 is 11.1 Å². The van der Waals surface area contributed by atoms with Crippen LogP contribution in [0.5, 0.6) is 0 Å². The number of aromatic nitrogens is 1. The Balaban J connectivity index is 2.14. The topological polar surface area (TPSA) is 50.9 Å². The lowest BCUT2D eigenvalue weighted by molar-refractivity contribution is 0.645. The monoisotopic (exact) mass is 225 g/mol. The van der Waals surface area contributed by atoms with Gasteiger partial charge in [0, 0.05) is 24.5 Å². The molecule has 3 rings (SSSR count). The average molecular weight is 225 g/mol. The molecular weight excluding hydrogens is 210 g/mol. The largest absolute Gasteiger partial charge is 0.397 e. The van der Waals surface area contributed by atoms with E-state index in [1.54, 1.807) is 6.20 Å². The van der Waals surface area contributed by atoms with Gasteiger partial charge in [0.25, 0.3) is 0 Å². The van der Waals surface area contributed by atoms with E-state index in [9.17, 15) is 0 Å². The van der Waals surface area contributed by atoms with Crippen LogP contribution in [0.4, 0.5) is 5.69 Å². The summed E-state index contributed by atoms with van der Waals surface area (Å²) in [5.74, 6) is 0. The summed E-state index contributed by atoms with van der Waals surface area (Å²) in [5.41, 5.74) is 11.7. The Morgan fingerprint density at radius 1 is 1.24 bits per heavy atom. The highest BCUT2D eigenvalue weighted by Crippen LogP contribution is 2.28. The third kappa shape index (κ3) is 1.89. The van der Waals surface area contributed by atoms with Crippen LogP contribution in [0.25, 0.3) is 11.1 Å². The number of hydrogen-bond acceptors (Lipinski definition) is 3. The van der Waals surface area contributed by atoms with Crippen LogP contribution in [-0.2, 0) is 13.0 Å². The van der Waals surface area contributed by atoms with Gasteiger partial charge < -0.3 is 11.1 Å². The molecule has 0 bridgehead atoms. The Kier molecular flexibility index (Phi) is 2.53. The van der Waals surface area contributed by atoms with E-state index in [1.165, 1.54) is 16.7 Å². The van der Waals surface area contributed by atoms with Crippen LogP contribution in [-0.4, -0.2) is 11.5 Å². The first-order valence-corrected chi connectivity index (χ1v) is 5.87. The van der Waals surface area contributed by atoms with Crippen molar-refractivity contribution in [2.24, 2.45) is 0 Å². The van der Waals surface area contributed by atoms with Gasteiger partial charge >= 0.3 is 0 Å². The van der Waals surface area contributed by atoms with Crippen molar-refractivity contribution in [3.63, 3.8) is 0 Å². The third-order valence-corrected chi connectivity index (χ3v) is 3.21. The molecule has 1 aliphatic rings. The first-order chi connectivity index (χ1) is 8.34. The number of hydrogen-bond donors (Lipinski definition) is 2. The number of pyridine rings is 1. The minimum Gasteiger partial charge on any atom is -0.397 e. The number of rotatable bonds is 1. The predicted molar refractivity (Wildman–Crippen MR) is 69.5 cm³/mol. The molecule has 0 spiro atoms. The van der Waals surface area contributed by atoms with Crippen LogP contribution in [0.15, 0.2) is 36.7 Å². The summed E-state index contributed by atoms with van der Waals surface area (Å²) in [6.45, 7) is 2.00. The van der Waals surface area contributed by atoms with E-state index in [1.807, 2.05) is 12.3 Å². The minimum atomic E-state index is 0.717. The fourth-order valence-corrected chi connectivity index (χ4v) is 2.41. The summed E-state index contributed by atoms with van der Waals surface area (Å²) < 4.78 is 0. The summed E-state index contributed by atoms with van der Waals surface area (Å²) in [5, 5.41) is 3.39. The van der Waals surface area contributed by atoms with Gasteiger partial charge in [-0.2, -0.15) is 0 Å². The number of anilines is 1. The molecule has 0 saturated heterocycles. The summed E-state index contributed by atoms with van der Waals surface area (Å²) in [6.07, 6.45) is 4.63. The van der Waals surface area contributed by atoms with Gasteiger partial charge in [-0.05, 0) is 35.7 Å². The molecule has 0 radical (unpaired) electrons. The molecule has 0 unspecified atom stereocenters. The van der Waals surface area contributed by atoms with Crippen molar-refractivity contribution in [2.45, 2.75) is 13.0 Å². The maximum Gasteiger partial charge on any atom is 0.0506 e. The van der Waals surface area contributed by atoms with Crippen molar-refractivity contribution < 1.29 is 0 Å². The lowest BCUT2D eigenvalue weighted by Crippen LogP contribution is -2.24. The predicted octanol–water partition coefficient (Wildman–Crippen LogP) is 1.98. The SMILES string of the molecule is Nc1cncc(-c2cccc3c2CCNC3)c1. The second kappa shape index (κ2) is 4.18. The second-order valence-corrected chi connectivity index (χ2v) is 4.38. The number of nitrogens with one attached hydrogen (secondary N) is 1. The molecule has 0 atom stereocenters. The molecule has 17 heavy (non-hydrogen) atoms. The van der Waals surface area contributed by atoms with Gasteiger partial charge in [0.05, 0.1) is 5.69 Å². The molecule has 1 aromatic carbocycles. The number of fused-ring (bicyclic) bond motifs is 1. The van der Waals surface area contributed by atoms with Gasteiger partial charge in [0.1, 0.15) is 0 Å². The lowest BCUT2D eigenvalue weighted by atomic mass is 9.92. The Morgan fingerprint density at radius 3 is 3.06 bits per heavy atom. The number of nitrogens with two attached hydrogens (primary N) is 1. The molecule has 1 aromatic heterocycles. The quantitative estimate of drug-likeness (QED) is 0.780. The summed E-state index contributed by atoms with van der Waals surface area (Å²) in [4.78, 5) is 4.17. The van der Waals surface area contributed by atoms with E-state index in [0.29, 0.717) is 5.69 Å². The summed E-state index contributed by atoms with van der Waals surface area (Å²) in [7, 11) is 0. The van der Waals surface area contributed by atoms with Gasteiger partial charge in [-0.25, -0.2) is 0 Å². The zero-order chi connectivity index (χ0) is 11.7. The Hall–Kier alpha value is -1.87. The van der Waals surface area contributed by atoms with Crippen LogP contribution >= 0.6 is 0 Å². The van der Waals surface area contributed by atoms with Crippen molar-refractivity contribution in [1.29, 1.82) is 0 Å². The molecule has 0 aliphatic carbocycles. The molecule has 1 aliphatic heterocycles. The van der Waals surface area contributed by atoms with E-state index in [4.69, 9.17) is 5.73 Å². The van der Waals surface area contributed by atoms with Crippen LogP contribution in [0, 0.1) is 0 Å². The standard InChI is InChI=1S/C14H15N3/c15-12-6-11(8-17-9-12)13-3-1-2-10-7-16-5-4-14(10)13/h1-3,6,8-9,16H,4-5,7,15H2. The van der Waals surface area contributed by atoms with E-state index in [0.717, 1.165) is 25.1 Å². The van der Waals surface area contributed by atoms with Crippen LogP contribution in [0.3, 0.4) is 0 Å². The van der Waals surface area contributed by atoms with Crippen molar-refractivity contribution in [3.05, 3.63) is 47.8 Å². The molecule has 86 valence electrons. The van der Waals surface area contributed by atoms with E-state index >= 15 is 0 Å². The summed E-state index contributed by atoms with van der Waals surface area (Å²) in [6, 6.07) is 8.43. The van der Waals surface area contributed by atoms with Gasteiger partial charge in [0.2, 0.25) is 0 Å². The maximum atomic E-state index is 5.80. The summed E-state index contributed by atoms with van der Waals surface area (Å²) >= 11 is 0. The zero-order valence-corrected chi connectivity index (χ0v) is 9.61. The minimum absolute atomic E-state index is 0.717. The zero-order valence-electron chi connectivity index (χ0n) is 9.61. The number of benzene rings is 1. The lowest BCUT2D eigenvalue weighted by Gasteiger charge is -2.20. The number of nitrogens with zero attached hydrogens (tertiary/aromatic N) is 1. The molecule has 0 amide bonds. The van der Waals surface area contributed by atoms with Gasteiger partial charge in [0.15, 0.2) is 0 Å². The Morgan fingerprint density at radius 2 is 2.18 bits per heavy atom. The van der Waals surface area contributed by atoms with Crippen molar-refractivity contribution in [2.75, 3.05) is 12.3 Å². The highest BCUT2D eigenvalue weighted by Gasteiger charge is 2.13. The maximum absolute atomic E-state index is 5.80. The molecule has 2 heterocycles. The van der Waals surface area contributed by atoms with E-state index in [2.05, 4.69) is 28.5 Å². The van der Waals surface area contributed by atoms with Crippen LogP contribution in [0.2, 0.25) is 0 Å². The Labute approximate surface area is 101 Å². The molecule has 0 saturated carbocycles. The molecule has 3 N–H and O–H groups in total. The van der Waals surface area contributed by atoms with Crippen molar-refractivity contribution >= 4 is 5.69 Å². The average Bonchev–Trinajstić information content (AvgIpc) is 2.38. The van der Waals surface area contributed by atoms with Gasteiger partial charge in [-0.15, -0.1) is 0 Å². The third-order valence-electron chi connectivity index (χ3n) is 3.21. The first kappa shape index (κ1) is 10.3. The Bertz CT molecular complexity index is 549. The normalized spacial score (nSPS) is 14.4. The van der Waals surface area contributed by atoms with Gasteiger partial charge in [-0.1, -0.05) is 18.2 Å². The van der Waals surface area contributed by atoms with Crippen LogP contribution in [0.1, 0.15) is 11.1 Å². The highest BCUT2D eigenvalue weighted by molar-refractivity contribution is 5.70. The fraction of sp³-hybridized carbons (Fsp3) is 0.214. The molecular formula is C14H15N3. The number of nitrogen functional groups attached to an aromatic ring is 1. The second-order valence-electron chi connectivity index (χ2n) is 4.38. The molecule has 0 fully saturated rings. The van der Waals surface area contributed by atoms with E-state index < -0.39 is 0 Å². The highest BCUT2D eigenvalue weighted by atomic mass is 14.9. The first-order valence-electron chi connectivity index (χ1n) is 5.87. The van der Waals surface area contributed by atoms with Crippen molar-refractivity contribution in [1.82, 2.24) is 10.3 Å². The molecule has 3 heteroatoms. The van der Waals surface area contributed by atoms with E-state index in [-0.39, 0.29) is 0 Å². The smallest absolute Gasteiger partial charge is 0.0506 e. The van der Waals surface area contributed by atoms with Gasteiger partial charge in [-0.3, -0.25) is 4.98 Å². The molecule has 3 nitrogen and oxygen atoms in total.